The molecule has 1 aliphatic rings. The van der Waals surface area contributed by atoms with Crippen LogP contribution in [-0.4, -0.2) is 26.9 Å². The molecule has 2 aromatic carbocycles. The van der Waals surface area contributed by atoms with Crippen molar-refractivity contribution >= 4 is 28.4 Å². The second-order valence-corrected chi connectivity index (χ2v) is 9.86. The van der Waals surface area contributed by atoms with Crippen LogP contribution < -0.4 is 5.56 Å². The predicted octanol–water partition coefficient (Wildman–Crippen LogP) is 6.17. The number of halogens is 1. The Hall–Kier alpha value is -2.66. The van der Waals surface area contributed by atoms with Gasteiger partial charge in [-0.05, 0) is 56.4 Å². The lowest BCUT2D eigenvalue weighted by molar-refractivity contribution is -0.138. The Morgan fingerprint density at radius 2 is 1.76 bits per heavy atom. The van der Waals surface area contributed by atoms with Crippen molar-refractivity contribution in [3.8, 4) is 5.69 Å². The second kappa shape index (κ2) is 10.1. The first kappa shape index (κ1) is 23.5. The zero-order valence-electron chi connectivity index (χ0n) is 19.6. The van der Waals surface area contributed by atoms with Crippen LogP contribution in [0.4, 0.5) is 0 Å². The maximum atomic E-state index is 13.7. The third-order valence-electron chi connectivity index (χ3n) is 6.67. The highest BCUT2D eigenvalue weighted by molar-refractivity contribution is 6.32. The Morgan fingerprint density at radius 1 is 1.09 bits per heavy atom. The van der Waals surface area contributed by atoms with Gasteiger partial charge in [0.15, 0.2) is 0 Å². The van der Waals surface area contributed by atoms with Crippen molar-refractivity contribution in [2.75, 3.05) is 6.54 Å². The van der Waals surface area contributed by atoms with Gasteiger partial charge in [0.25, 0.3) is 5.56 Å². The molecule has 0 N–H and O–H groups in total. The maximum Gasteiger partial charge on any atom is 0.266 e. The summed E-state index contributed by atoms with van der Waals surface area (Å²) in [5, 5.41) is 1.00. The highest BCUT2D eigenvalue weighted by Crippen LogP contribution is 2.32. The lowest BCUT2D eigenvalue weighted by atomic mass is 10.0. The zero-order valence-corrected chi connectivity index (χ0v) is 20.4. The summed E-state index contributed by atoms with van der Waals surface area (Å²) in [6, 6.07) is 14.3. The van der Waals surface area contributed by atoms with Gasteiger partial charge in [0.2, 0.25) is 5.91 Å². The standard InChI is InChI=1S/C27H32ClN3O2/c1-18(2)16-17-30(26(32)20-10-4-5-11-20)19(3)25-29-23-14-8-6-12-21(23)27(33)31(25)24-15-9-7-13-22(24)28/h6-9,12-15,18-20H,4-5,10-11,16-17H2,1-3H3. The van der Waals surface area contributed by atoms with Gasteiger partial charge in [0, 0.05) is 12.5 Å². The van der Waals surface area contributed by atoms with E-state index in [1.165, 1.54) is 0 Å². The largest absolute Gasteiger partial charge is 0.333 e. The minimum Gasteiger partial charge on any atom is -0.333 e. The van der Waals surface area contributed by atoms with Gasteiger partial charge >= 0.3 is 0 Å². The summed E-state index contributed by atoms with van der Waals surface area (Å²) < 4.78 is 1.60. The lowest BCUT2D eigenvalue weighted by Gasteiger charge is -2.33. The van der Waals surface area contributed by atoms with Crippen molar-refractivity contribution in [3.05, 3.63) is 69.7 Å². The molecule has 3 aromatic rings. The van der Waals surface area contributed by atoms with E-state index < -0.39 is 0 Å². The first-order valence-corrected chi connectivity index (χ1v) is 12.3. The molecule has 6 heteroatoms. The number of rotatable bonds is 7. The normalized spacial score (nSPS) is 15.3. The van der Waals surface area contributed by atoms with Crippen LogP contribution in [0.15, 0.2) is 53.3 Å². The molecule has 5 nitrogen and oxygen atoms in total. The van der Waals surface area contributed by atoms with Crippen LogP contribution >= 0.6 is 11.6 Å². The molecule has 4 rings (SSSR count). The number of hydrogen-bond acceptors (Lipinski definition) is 3. The van der Waals surface area contributed by atoms with Crippen LogP contribution in [0.25, 0.3) is 16.6 Å². The molecule has 1 aliphatic carbocycles. The Labute approximate surface area is 200 Å². The summed E-state index contributed by atoms with van der Waals surface area (Å²) in [4.78, 5) is 34.2. The van der Waals surface area contributed by atoms with Crippen LogP contribution in [0, 0.1) is 11.8 Å². The summed E-state index contributed by atoms with van der Waals surface area (Å²) in [5.41, 5.74) is 1.04. The third-order valence-corrected chi connectivity index (χ3v) is 6.99. The summed E-state index contributed by atoms with van der Waals surface area (Å²) >= 11 is 6.54. The average molecular weight is 466 g/mol. The fourth-order valence-corrected chi connectivity index (χ4v) is 4.95. The molecule has 0 radical (unpaired) electrons. The van der Waals surface area contributed by atoms with E-state index in [0.717, 1.165) is 32.1 Å². The zero-order chi connectivity index (χ0) is 23.5. The Kier molecular flexibility index (Phi) is 7.18. The van der Waals surface area contributed by atoms with Crippen LogP contribution in [0.3, 0.4) is 0 Å². The molecule has 0 aliphatic heterocycles. The molecular weight excluding hydrogens is 434 g/mol. The molecule has 0 saturated heterocycles. The molecule has 1 aromatic heterocycles. The van der Waals surface area contributed by atoms with E-state index >= 15 is 0 Å². The smallest absolute Gasteiger partial charge is 0.266 e. The van der Waals surface area contributed by atoms with Crippen LogP contribution in [0.1, 0.15) is 64.7 Å². The first-order chi connectivity index (χ1) is 15.9. The minimum atomic E-state index is -0.370. The summed E-state index contributed by atoms with van der Waals surface area (Å²) in [6.45, 7) is 6.95. The van der Waals surface area contributed by atoms with Gasteiger partial charge in [-0.1, -0.05) is 62.6 Å². The van der Waals surface area contributed by atoms with Crippen molar-refractivity contribution < 1.29 is 4.79 Å². The van der Waals surface area contributed by atoms with E-state index in [4.69, 9.17) is 16.6 Å². The second-order valence-electron chi connectivity index (χ2n) is 9.45. The Morgan fingerprint density at radius 3 is 2.45 bits per heavy atom. The van der Waals surface area contributed by atoms with Crippen molar-refractivity contribution in [1.29, 1.82) is 0 Å². The third kappa shape index (κ3) is 4.84. The number of amides is 1. The van der Waals surface area contributed by atoms with Crippen molar-refractivity contribution in [1.82, 2.24) is 14.5 Å². The van der Waals surface area contributed by atoms with E-state index in [-0.39, 0.29) is 23.4 Å². The fourth-order valence-electron chi connectivity index (χ4n) is 4.73. The molecule has 1 heterocycles. The lowest BCUT2D eigenvalue weighted by Crippen LogP contribution is -2.41. The number of fused-ring (bicyclic) bond motifs is 1. The molecule has 1 fully saturated rings. The van der Waals surface area contributed by atoms with E-state index in [0.29, 0.717) is 39.9 Å². The molecule has 1 amide bonds. The van der Waals surface area contributed by atoms with Crippen molar-refractivity contribution in [2.24, 2.45) is 11.8 Å². The van der Waals surface area contributed by atoms with Crippen LogP contribution in [-0.2, 0) is 4.79 Å². The Bertz CT molecular complexity index is 1200. The number of benzene rings is 2. The molecular formula is C27H32ClN3O2. The SMILES string of the molecule is CC(C)CCN(C(=O)C1CCCC1)C(C)c1nc2ccccc2c(=O)n1-c1ccccc1Cl. The molecule has 174 valence electrons. The van der Waals surface area contributed by atoms with Crippen LogP contribution in [0.2, 0.25) is 5.02 Å². The summed E-state index contributed by atoms with van der Waals surface area (Å²) in [6.07, 6.45) is 4.97. The van der Waals surface area contributed by atoms with Gasteiger partial charge in [-0.25, -0.2) is 4.98 Å². The van der Waals surface area contributed by atoms with Crippen molar-refractivity contribution in [3.63, 3.8) is 0 Å². The van der Waals surface area contributed by atoms with E-state index in [1.807, 2.05) is 48.2 Å². The quantitative estimate of drug-likeness (QED) is 0.419. The Balaban J connectivity index is 1.88. The van der Waals surface area contributed by atoms with E-state index in [9.17, 15) is 9.59 Å². The van der Waals surface area contributed by atoms with Crippen molar-refractivity contribution in [2.45, 2.75) is 58.9 Å². The number of aromatic nitrogens is 2. The maximum absolute atomic E-state index is 13.7. The number of nitrogens with zero attached hydrogens (tertiary/aromatic N) is 3. The number of carbonyl (C=O) groups excluding carboxylic acids is 1. The minimum absolute atomic E-state index is 0.0561. The van der Waals surface area contributed by atoms with Gasteiger partial charge < -0.3 is 4.90 Å². The summed E-state index contributed by atoms with van der Waals surface area (Å²) in [5.74, 6) is 1.24. The van der Waals surface area contributed by atoms with Gasteiger partial charge in [-0.2, -0.15) is 0 Å². The van der Waals surface area contributed by atoms with Crippen LogP contribution in [0.5, 0.6) is 0 Å². The predicted molar refractivity (Wildman–Crippen MR) is 134 cm³/mol. The van der Waals surface area contributed by atoms with Gasteiger partial charge in [-0.3, -0.25) is 14.2 Å². The molecule has 0 bridgehead atoms. The van der Waals surface area contributed by atoms with Gasteiger partial charge in [0.1, 0.15) is 5.82 Å². The topological polar surface area (TPSA) is 55.2 Å². The molecule has 33 heavy (non-hydrogen) atoms. The molecule has 1 atom stereocenters. The van der Waals surface area contributed by atoms with Gasteiger partial charge in [0.05, 0.1) is 27.7 Å². The van der Waals surface area contributed by atoms with Gasteiger partial charge in [-0.15, -0.1) is 0 Å². The number of carbonyl (C=O) groups is 1. The van der Waals surface area contributed by atoms with E-state index in [2.05, 4.69) is 13.8 Å². The highest BCUT2D eigenvalue weighted by Gasteiger charge is 2.32. The average Bonchev–Trinajstić information content (AvgIpc) is 3.34. The molecule has 1 unspecified atom stereocenters. The first-order valence-electron chi connectivity index (χ1n) is 12.0. The molecule has 1 saturated carbocycles. The monoisotopic (exact) mass is 465 g/mol. The highest BCUT2D eigenvalue weighted by atomic mass is 35.5. The van der Waals surface area contributed by atoms with E-state index in [1.54, 1.807) is 16.7 Å². The molecule has 0 spiro atoms. The summed E-state index contributed by atoms with van der Waals surface area (Å²) in [7, 11) is 0. The number of para-hydroxylation sites is 2. The number of hydrogen-bond donors (Lipinski definition) is 0. The fraction of sp³-hybridized carbons (Fsp3) is 0.444.